The molecule has 0 aromatic heterocycles. The number of guanidine groups is 1. The summed E-state index contributed by atoms with van der Waals surface area (Å²) < 4.78 is 34.0. The van der Waals surface area contributed by atoms with Crippen LogP contribution < -0.4 is 20.1 Å². The molecule has 0 bridgehead atoms. The summed E-state index contributed by atoms with van der Waals surface area (Å²) in [5.41, 5.74) is 1.18. The number of sulfone groups is 1. The molecular formula is C22H38IN3O4S. The van der Waals surface area contributed by atoms with Crippen molar-refractivity contribution in [1.82, 2.24) is 10.6 Å². The summed E-state index contributed by atoms with van der Waals surface area (Å²) in [5.74, 6) is 2.06. The van der Waals surface area contributed by atoms with Gasteiger partial charge in [0.25, 0.3) is 0 Å². The molecule has 2 N–H and O–H groups in total. The van der Waals surface area contributed by atoms with Gasteiger partial charge in [-0.2, -0.15) is 0 Å². The Hall–Kier alpha value is -1.23. The Morgan fingerprint density at radius 2 is 1.71 bits per heavy atom. The summed E-state index contributed by atoms with van der Waals surface area (Å²) >= 11 is 0. The molecule has 1 fully saturated rings. The fourth-order valence-corrected chi connectivity index (χ4v) is 4.20. The first kappa shape index (κ1) is 27.8. The number of halogens is 1. The molecule has 0 heterocycles. The van der Waals surface area contributed by atoms with Crippen LogP contribution in [0.1, 0.15) is 51.5 Å². The molecule has 7 nitrogen and oxygen atoms in total. The minimum Gasteiger partial charge on any atom is -0.493 e. The van der Waals surface area contributed by atoms with E-state index in [2.05, 4.69) is 27.8 Å². The van der Waals surface area contributed by atoms with E-state index in [0.717, 1.165) is 24.3 Å². The third-order valence-corrected chi connectivity index (χ3v) is 8.46. The van der Waals surface area contributed by atoms with Crippen LogP contribution in [0.25, 0.3) is 0 Å². The maximum atomic E-state index is 12.0. The van der Waals surface area contributed by atoms with Crippen LogP contribution in [0.5, 0.6) is 11.5 Å². The zero-order valence-electron chi connectivity index (χ0n) is 19.6. The van der Waals surface area contributed by atoms with Gasteiger partial charge in [-0.1, -0.05) is 25.3 Å². The van der Waals surface area contributed by atoms with Crippen LogP contribution in [-0.4, -0.2) is 59.7 Å². The molecule has 178 valence electrons. The predicted octanol–water partition coefficient (Wildman–Crippen LogP) is 3.51. The summed E-state index contributed by atoms with van der Waals surface area (Å²) in [6, 6.07) is 6.17. The van der Waals surface area contributed by atoms with Crippen molar-refractivity contribution in [1.29, 1.82) is 0 Å². The Kier molecular flexibility index (Phi) is 10.4. The number of benzene rings is 1. The van der Waals surface area contributed by atoms with Crippen molar-refractivity contribution in [2.45, 2.75) is 56.1 Å². The molecule has 31 heavy (non-hydrogen) atoms. The monoisotopic (exact) mass is 567 g/mol. The Morgan fingerprint density at radius 3 is 2.23 bits per heavy atom. The van der Waals surface area contributed by atoms with E-state index in [1.807, 2.05) is 6.07 Å². The summed E-state index contributed by atoms with van der Waals surface area (Å²) in [6.45, 7) is 4.43. The van der Waals surface area contributed by atoms with Crippen LogP contribution in [-0.2, 0) is 15.3 Å². The Morgan fingerprint density at radius 1 is 1.10 bits per heavy atom. The van der Waals surface area contributed by atoms with Crippen molar-refractivity contribution in [3.05, 3.63) is 23.8 Å². The molecule has 1 aromatic rings. The minimum absolute atomic E-state index is 0. The van der Waals surface area contributed by atoms with E-state index in [4.69, 9.17) is 9.47 Å². The standard InChI is InChI=1S/C22H37N3O4S.HI/c1-21(2,30(6,26)27)15-24-20(23-3)25-16-22(12-8-7-9-13-22)17-10-11-18(28-4)19(14-17)29-5;/h10-11,14H,7-9,12-13,15-16H2,1-6H3,(H2,23,24,25);1H. The largest absolute Gasteiger partial charge is 0.493 e. The molecule has 0 amide bonds. The van der Waals surface area contributed by atoms with Gasteiger partial charge >= 0.3 is 0 Å². The third-order valence-electron chi connectivity index (χ3n) is 6.31. The SMILES string of the molecule is CN=C(NCC1(c2ccc(OC)c(OC)c2)CCCCC1)NCC(C)(C)S(C)(=O)=O.I. The van der Waals surface area contributed by atoms with Gasteiger partial charge in [-0.25, -0.2) is 8.42 Å². The molecule has 1 saturated carbocycles. The molecule has 1 aliphatic carbocycles. The first-order valence-electron chi connectivity index (χ1n) is 10.5. The van der Waals surface area contributed by atoms with Crippen LogP contribution >= 0.6 is 24.0 Å². The molecule has 0 spiro atoms. The van der Waals surface area contributed by atoms with E-state index >= 15 is 0 Å². The lowest BCUT2D eigenvalue weighted by Crippen LogP contribution is -2.50. The second kappa shape index (κ2) is 11.6. The molecule has 0 atom stereocenters. The lowest BCUT2D eigenvalue weighted by atomic mass is 9.69. The molecule has 2 rings (SSSR count). The van der Waals surface area contributed by atoms with Crippen molar-refractivity contribution in [3.8, 4) is 11.5 Å². The number of rotatable bonds is 8. The Bertz CT molecular complexity index is 850. The van der Waals surface area contributed by atoms with Gasteiger partial charge < -0.3 is 20.1 Å². The van der Waals surface area contributed by atoms with Gasteiger partial charge in [0.15, 0.2) is 27.3 Å². The predicted molar refractivity (Wildman–Crippen MR) is 138 cm³/mol. The first-order valence-corrected chi connectivity index (χ1v) is 12.3. The van der Waals surface area contributed by atoms with Gasteiger partial charge in [-0.05, 0) is 44.4 Å². The second-order valence-corrected chi connectivity index (χ2v) is 11.4. The van der Waals surface area contributed by atoms with E-state index in [0.29, 0.717) is 12.5 Å². The van der Waals surface area contributed by atoms with Gasteiger partial charge in [0, 0.05) is 31.8 Å². The molecule has 0 unspecified atom stereocenters. The fraction of sp³-hybridized carbons (Fsp3) is 0.682. The van der Waals surface area contributed by atoms with Crippen LogP contribution in [0.3, 0.4) is 0 Å². The van der Waals surface area contributed by atoms with Crippen LogP contribution in [0.2, 0.25) is 0 Å². The average Bonchev–Trinajstić information content (AvgIpc) is 2.73. The maximum Gasteiger partial charge on any atom is 0.191 e. The fourth-order valence-electron chi connectivity index (χ4n) is 3.86. The van der Waals surface area contributed by atoms with Gasteiger partial charge in [0.1, 0.15) is 0 Å². The third kappa shape index (κ3) is 6.87. The lowest BCUT2D eigenvalue weighted by molar-refractivity contribution is 0.288. The number of hydrogen-bond donors (Lipinski definition) is 2. The topological polar surface area (TPSA) is 89.0 Å². The van der Waals surface area contributed by atoms with E-state index in [9.17, 15) is 8.42 Å². The summed E-state index contributed by atoms with van der Waals surface area (Å²) in [6.07, 6.45) is 6.98. The highest BCUT2D eigenvalue weighted by atomic mass is 127. The van der Waals surface area contributed by atoms with Gasteiger partial charge in [-0.15, -0.1) is 24.0 Å². The Balaban J connectivity index is 0.00000480. The molecular weight excluding hydrogens is 529 g/mol. The number of nitrogens with zero attached hydrogens (tertiary/aromatic N) is 1. The summed E-state index contributed by atoms with van der Waals surface area (Å²) in [5, 5.41) is 6.62. The van der Waals surface area contributed by atoms with Gasteiger partial charge in [0.2, 0.25) is 0 Å². The average molecular weight is 568 g/mol. The smallest absolute Gasteiger partial charge is 0.191 e. The Labute approximate surface area is 204 Å². The van der Waals surface area contributed by atoms with E-state index in [1.165, 1.54) is 31.1 Å². The van der Waals surface area contributed by atoms with Crippen molar-refractivity contribution >= 4 is 39.8 Å². The zero-order chi connectivity index (χ0) is 22.4. The highest BCUT2D eigenvalue weighted by Crippen LogP contribution is 2.42. The quantitative estimate of drug-likeness (QED) is 0.284. The van der Waals surface area contributed by atoms with Gasteiger partial charge in [0.05, 0.1) is 19.0 Å². The number of nitrogens with one attached hydrogen (secondary N) is 2. The lowest BCUT2D eigenvalue weighted by Gasteiger charge is -2.39. The summed E-state index contributed by atoms with van der Waals surface area (Å²) in [7, 11) is 1.82. The number of ether oxygens (including phenoxy) is 2. The normalized spacial score (nSPS) is 16.8. The van der Waals surface area contributed by atoms with Crippen molar-refractivity contribution in [3.63, 3.8) is 0 Å². The van der Waals surface area contributed by atoms with Crippen molar-refractivity contribution < 1.29 is 17.9 Å². The highest BCUT2D eigenvalue weighted by molar-refractivity contribution is 14.0. The van der Waals surface area contributed by atoms with E-state index < -0.39 is 14.6 Å². The number of methoxy groups -OCH3 is 2. The van der Waals surface area contributed by atoms with Crippen molar-refractivity contribution in [2.24, 2.45) is 4.99 Å². The summed E-state index contributed by atoms with van der Waals surface area (Å²) in [4.78, 5) is 4.30. The van der Waals surface area contributed by atoms with E-state index in [-0.39, 0.29) is 35.9 Å². The zero-order valence-corrected chi connectivity index (χ0v) is 22.7. The minimum atomic E-state index is -3.18. The molecule has 9 heteroatoms. The van der Waals surface area contributed by atoms with Crippen molar-refractivity contribution in [2.75, 3.05) is 40.6 Å². The molecule has 1 aliphatic rings. The van der Waals surface area contributed by atoms with E-state index in [1.54, 1.807) is 35.1 Å². The molecule has 1 aromatic carbocycles. The number of hydrogen-bond acceptors (Lipinski definition) is 5. The van der Waals surface area contributed by atoms with Crippen LogP contribution in [0.4, 0.5) is 0 Å². The highest BCUT2D eigenvalue weighted by Gasteiger charge is 2.35. The van der Waals surface area contributed by atoms with Crippen LogP contribution in [0.15, 0.2) is 23.2 Å². The molecule has 0 radical (unpaired) electrons. The number of aliphatic imine (C=N–C) groups is 1. The van der Waals surface area contributed by atoms with Crippen LogP contribution in [0, 0.1) is 0 Å². The molecule has 0 aliphatic heterocycles. The second-order valence-electron chi connectivity index (χ2n) is 8.72. The van der Waals surface area contributed by atoms with Gasteiger partial charge in [-0.3, -0.25) is 4.99 Å². The molecule has 0 saturated heterocycles. The maximum absolute atomic E-state index is 12.0. The first-order chi connectivity index (χ1) is 14.1.